The fourth-order valence-electron chi connectivity index (χ4n) is 2.29. The summed E-state index contributed by atoms with van der Waals surface area (Å²) in [5.41, 5.74) is 0.505. The molecule has 1 aromatic carbocycles. The molecule has 1 unspecified atom stereocenters. The molecule has 0 radical (unpaired) electrons. The first-order valence-electron chi connectivity index (χ1n) is 6.34. The van der Waals surface area contributed by atoms with Crippen molar-refractivity contribution in [3.05, 3.63) is 17.7 Å². The van der Waals surface area contributed by atoms with Crippen molar-refractivity contribution in [3.8, 4) is 17.2 Å². The van der Waals surface area contributed by atoms with Gasteiger partial charge in [-0.15, -0.1) is 11.6 Å². The first kappa shape index (κ1) is 14.8. The molecule has 1 aliphatic heterocycles. The number of amides is 1. The summed E-state index contributed by atoms with van der Waals surface area (Å²) >= 11 is 6.04. The molecule has 20 heavy (non-hydrogen) atoms. The van der Waals surface area contributed by atoms with Crippen molar-refractivity contribution in [3.63, 3.8) is 0 Å². The van der Waals surface area contributed by atoms with Gasteiger partial charge in [0.15, 0.2) is 11.5 Å². The van der Waals surface area contributed by atoms with Gasteiger partial charge in [0.2, 0.25) is 5.75 Å². The van der Waals surface area contributed by atoms with E-state index in [9.17, 15) is 4.79 Å². The predicted molar refractivity (Wildman–Crippen MR) is 76.3 cm³/mol. The van der Waals surface area contributed by atoms with Gasteiger partial charge in [0.25, 0.3) is 5.91 Å². The fraction of sp³-hybridized carbons (Fsp3) is 0.500. The Morgan fingerprint density at radius 1 is 1.20 bits per heavy atom. The van der Waals surface area contributed by atoms with Gasteiger partial charge >= 0.3 is 0 Å². The molecule has 0 saturated carbocycles. The highest BCUT2D eigenvalue weighted by Crippen LogP contribution is 2.38. The van der Waals surface area contributed by atoms with Crippen LogP contribution in [0.15, 0.2) is 12.1 Å². The molecule has 0 N–H and O–H groups in total. The smallest absolute Gasteiger partial charge is 0.254 e. The standard InChI is InChI=1S/C14H18ClNO4/c1-18-11-6-9(7-12(19-2)13(11)20-3)14(17)16-5-4-10(15)8-16/h6-7,10H,4-5,8H2,1-3H3. The molecule has 0 aromatic heterocycles. The lowest BCUT2D eigenvalue weighted by Gasteiger charge is -2.18. The van der Waals surface area contributed by atoms with Gasteiger partial charge in [0.1, 0.15) is 0 Å². The van der Waals surface area contributed by atoms with Crippen molar-refractivity contribution < 1.29 is 19.0 Å². The molecule has 2 rings (SSSR count). The zero-order chi connectivity index (χ0) is 14.7. The number of ether oxygens (including phenoxy) is 3. The van der Waals surface area contributed by atoms with E-state index < -0.39 is 0 Å². The molecule has 1 saturated heterocycles. The van der Waals surface area contributed by atoms with E-state index in [2.05, 4.69) is 0 Å². The molecule has 1 atom stereocenters. The van der Waals surface area contributed by atoms with E-state index in [0.717, 1.165) is 6.42 Å². The molecule has 110 valence electrons. The number of methoxy groups -OCH3 is 3. The van der Waals surface area contributed by atoms with Crippen LogP contribution in [0.4, 0.5) is 0 Å². The summed E-state index contributed by atoms with van der Waals surface area (Å²) in [5, 5.41) is 0.0287. The molecular weight excluding hydrogens is 282 g/mol. The molecule has 6 heteroatoms. The minimum absolute atomic E-state index is 0.0287. The summed E-state index contributed by atoms with van der Waals surface area (Å²) in [5.74, 6) is 1.34. The third-order valence-electron chi connectivity index (χ3n) is 3.33. The third kappa shape index (κ3) is 2.77. The van der Waals surface area contributed by atoms with E-state index in [4.69, 9.17) is 25.8 Å². The maximum Gasteiger partial charge on any atom is 0.254 e. The van der Waals surface area contributed by atoms with E-state index in [-0.39, 0.29) is 11.3 Å². The van der Waals surface area contributed by atoms with E-state index in [0.29, 0.717) is 35.9 Å². The van der Waals surface area contributed by atoms with E-state index in [1.165, 1.54) is 21.3 Å². The summed E-state index contributed by atoms with van der Waals surface area (Å²) < 4.78 is 15.7. The summed E-state index contributed by atoms with van der Waals surface area (Å²) in [6.07, 6.45) is 0.817. The van der Waals surface area contributed by atoms with Crippen LogP contribution in [0.3, 0.4) is 0 Å². The zero-order valence-corrected chi connectivity index (χ0v) is 12.6. The molecule has 1 amide bonds. The summed E-state index contributed by atoms with van der Waals surface area (Å²) in [4.78, 5) is 14.2. The number of hydrogen-bond acceptors (Lipinski definition) is 4. The van der Waals surface area contributed by atoms with Crippen molar-refractivity contribution in [2.75, 3.05) is 34.4 Å². The lowest BCUT2D eigenvalue weighted by atomic mass is 10.1. The molecule has 0 bridgehead atoms. The summed E-state index contributed by atoms with van der Waals surface area (Å²) in [6.45, 7) is 1.24. The topological polar surface area (TPSA) is 48.0 Å². The van der Waals surface area contributed by atoms with Crippen LogP contribution in [0.5, 0.6) is 17.2 Å². The Balaban J connectivity index is 2.34. The molecule has 0 aliphatic carbocycles. The van der Waals surface area contributed by atoms with Crippen LogP contribution >= 0.6 is 11.6 Å². The monoisotopic (exact) mass is 299 g/mol. The Hall–Kier alpha value is -1.62. The average molecular weight is 300 g/mol. The number of halogens is 1. The number of benzene rings is 1. The Kier molecular flexibility index (Phi) is 4.60. The van der Waals surface area contributed by atoms with Crippen molar-refractivity contribution in [1.29, 1.82) is 0 Å². The average Bonchev–Trinajstić information content (AvgIpc) is 2.91. The Morgan fingerprint density at radius 2 is 1.80 bits per heavy atom. The lowest BCUT2D eigenvalue weighted by molar-refractivity contribution is 0.0792. The predicted octanol–water partition coefficient (Wildman–Crippen LogP) is 2.17. The number of alkyl halides is 1. The molecule has 1 heterocycles. The van der Waals surface area contributed by atoms with E-state index >= 15 is 0 Å². The van der Waals surface area contributed by atoms with Gasteiger partial charge < -0.3 is 19.1 Å². The van der Waals surface area contributed by atoms with Gasteiger partial charge in [0.05, 0.1) is 26.7 Å². The van der Waals surface area contributed by atoms with Gasteiger partial charge in [-0.2, -0.15) is 0 Å². The normalized spacial score (nSPS) is 18.0. The highest BCUT2D eigenvalue weighted by atomic mass is 35.5. The van der Waals surface area contributed by atoms with Crippen LogP contribution in [-0.4, -0.2) is 50.6 Å². The minimum Gasteiger partial charge on any atom is -0.493 e. The number of likely N-dealkylation sites (tertiary alicyclic amines) is 1. The van der Waals surface area contributed by atoms with Gasteiger partial charge in [-0.05, 0) is 18.6 Å². The van der Waals surface area contributed by atoms with Gasteiger partial charge in [-0.1, -0.05) is 0 Å². The molecule has 1 fully saturated rings. The molecule has 0 spiro atoms. The van der Waals surface area contributed by atoms with Crippen LogP contribution in [0.25, 0.3) is 0 Å². The van der Waals surface area contributed by atoms with Crippen LogP contribution in [0.2, 0.25) is 0 Å². The second-order valence-electron chi connectivity index (χ2n) is 4.55. The maximum absolute atomic E-state index is 12.4. The number of carbonyl (C=O) groups is 1. The maximum atomic E-state index is 12.4. The number of rotatable bonds is 4. The Morgan fingerprint density at radius 3 is 2.20 bits per heavy atom. The molecule has 1 aliphatic rings. The zero-order valence-electron chi connectivity index (χ0n) is 11.8. The highest BCUT2D eigenvalue weighted by Gasteiger charge is 2.27. The largest absolute Gasteiger partial charge is 0.493 e. The van der Waals surface area contributed by atoms with Gasteiger partial charge in [-0.25, -0.2) is 0 Å². The number of nitrogens with zero attached hydrogens (tertiary/aromatic N) is 1. The third-order valence-corrected chi connectivity index (χ3v) is 3.69. The van der Waals surface area contributed by atoms with E-state index in [1.807, 2.05) is 0 Å². The van der Waals surface area contributed by atoms with Crippen molar-refractivity contribution in [1.82, 2.24) is 4.90 Å². The van der Waals surface area contributed by atoms with Crippen molar-refractivity contribution in [2.24, 2.45) is 0 Å². The van der Waals surface area contributed by atoms with E-state index in [1.54, 1.807) is 17.0 Å². The second kappa shape index (κ2) is 6.22. The Bertz CT molecular complexity index is 481. The van der Waals surface area contributed by atoms with Crippen LogP contribution in [-0.2, 0) is 0 Å². The van der Waals surface area contributed by atoms with Crippen LogP contribution in [0.1, 0.15) is 16.8 Å². The number of carbonyl (C=O) groups excluding carboxylic acids is 1. The SMILES string of the molecule is COc1cc(C(=O)N2CCC(Cl)C2)cc(OC)c1OC. The summed E-state index contributed by atoms with van der Waals surface area (Å²) in [6, 6.07) is 3.32. The van der Waals surface area contributed by atoms with Crippen molar-refractivity contribution >= 4 is 17.5 Å². The first-order chi connectivity index (χ1) is 9.60. The number of hydrogen-bond donors (Lipinski definition) is 0. The fourth-order valence-corrected chi connectivity index (χ4v) is 2.55. The Labute approximate surface area is 123 Å². The molecule has 1 aromatic rings. The summed E-state index contributed by atoms with van der Waals surface area (Å²) in [7, 11) is 4.58. The van der Waals surface area contributed by atoms with Gasteiger partial charge in [-0.3, -0.25) is 4.79 Å². The van der Waals surface area contributed by atoms with Crippen molar-refractivity contribution in [2.45, 2.75) is 11.8 Å². The first-order valence-corrected chi connectivity index (χ1v) is 6.77. The highest BCUT2D eigenvalue weighted by molar-refractivity contribution is 6.21. The van der Waals surface area contributed by atoms with Gasteiger partial charge in [0, 0.05) is 18.7 Å². The molecular formula is C14H18ClNO4. The molecule has 5 nitrogen and oxygen atoms in total. The second-order valence-corrected chi connectivity index (χ2v) is 5.17. The quantitative estimate of drug-likeness (QED) is 0.800. The van der Waals surface area contributed by atoms with Crippen LogP contribution < -0.4 is 14.2 Å². The van der Waals surface area contributed by atoms with Crippen LogP contribution in [0, 0.1) is 0 Å². The lowest BCUT2D eigenvalue weighted by Crippen LogP contribution is -2.28. The minimum atomic E-state index is -0.0765.